The largest absolute Gasteiger partial charge is 0.356 e. The van der Waals surface area contributed by atoms with E-state index in [1.165, 1.54) is 31.2 Å². The van der Waals surface area contributed by atoms with Crippen molar-refractivity contribution < 1.29 is 9.59 Å². The number of piperidine rings is 2. The Morgan fingerprint density at radius 2 is 1.56 bits per heavy atom. The van der Waals surface area contributed by atoms with Gasteiger partial charge in [0.15, 0.2) is 0 Å². The fourth-order valence-corrected chi connectivity index (χ4v) is 5.91. The normalized spacial score (nSPS) is 21.7. The van der Waals surface area contributed by atoms with Crippen molar-refractivity contribution in [2.24, 2.45) is 11.8 Å². The van der Waals surface area contributed by atoms with E-state index < -0.39 is 0 Å². The lowest BCUT2D eigenvalue weighted by molar-refractivity contribution is -0.133. The molecule has 1 aromatic rings. The molecular formula is C27H41N3O2. The summed E-state index contributed by atoms with van der Waals surface area (Å²) >= 11 is 0. The van der Waals surface area contributed by atoms with Crippen LogP contribution in [0.4, 0.5) is 0 Å². The first kappa shape index (κ1) is 23.3. The second-order valence-corrected chi connectivity index (χ2v) is 10.1. The van der Waals surface area contributed by atoms with E-state index in [1.807, 2.05) is 18.2 Å². The predicted molar refractivity (Wildman–Crippen MR) is 128 cm³/mol. The van der Waals surface area contributed by atoms with Crippen molar-refractivity contribution >= 4 is 11.8 Å². The van der Waals surface area contributed by atoms with Gasteiger partial charge in [-0.15, -0.1) is 0 Å². The molecule has 1 aliphatic carbocycles. The number of nitrogens with one attached hydrogen (secondary N) is 1. The highest BCUT2D eigenvalue weighted by Crippen LogP contribution is 2.29. The molecule has 0 radical (unpaired) electrons. The zero-order chi connectivity index (χ0) is 22.2. The lowest BCUT2D eigenvalue weighted by Gasteiger charge is -2.41. The van der Waals surface area contributed by atoms with Gasteiger partial charge in [0.2, 0.25) is 11.8 Å². The van der Waals surface area contributed by atoms with E-state index in [9.17, 15) is 9.59 Å². The summed E-state index contributed by atoms with van der Waals surface area (Å²) in [5, 5.41) is 3.14. The predicted octanol–water partition coefficient (Wildman–Crippen LogP) is 4.02. The minimum atomic E-state index is 0.152. The van der Waals surface area contributed by atoms with Crippen LogP contribution in [0.25, 0.3) is 0 Å². The Balaban J connectivity index is 1.10. The molecule has 0 aromatic heterocycles. The molecule has 1 aromatic carbocycles. The summed E-state index contributed by atoms with van der Waals surface area (Å²) in [6.45, 7) is 4.56. The number of hydrogen-bond acceptors (Lipinski definition) is 3. The van der Waals surface area contributed by atoms with E-state index in [1.54, 1.807) is 0 Å². The lowest BCUT2D eigenvalue weighted by Crippen LogP contribution is -2.50. The number of hydrogen-bond donors (Lipinski definition) is 1. The van der Waals surface area contributed by atoms with Gasteiger partial charge in [-0.2, -0.15) is 0 Å². The molecule has 2 aliphatic heterocycles. The molecule has 2 amide bonds. The standard InChI is InChI=1S/C27H41N3O2/c31-26(11-10-22-8-4-5-9-22)30-20-15-25(16-21-30)29-18-13-24(14-19-29)27(32)28-17-12-23-6-2-1-3-7-23/h1-3,6-7,22,24-25H,4-5,8-21H2,(H,28,32). The monoisotopic (exact) mass is 439 g/mol. The van der Waals surface area contributed by atoms with Crippen molar-refractivity contribution in [3.8, 4) is 0 Å². The van der Waals surface area contributed by atoms with E-state index in [0.717, 1.165) is 83.6 Å². The topological polar surface area (TPSA) is 52.7 Å². The summed E-state index contributed by atoms with van der Waals surface area (Å²) in [7, 11) is 0. The Morgan fingerprint density at radius 3 is 2.25 bits per heavy atom. The molecular weight excluding hydrogens is 398 g/mol. The van der Waals surface area contributed by atoms with Gasteiger partial charge in [-0.3, -0.25) is 9.59 Å². The molecule has 3 aliphatic rings. The summed E-state index contributed by atoms with van der Waals surface area (Å²) in [6.07, 6.45) is 12.2. The number of benzene rings is 1. The molecule has 0 spiro atoms. The van der Waals surface area contributed by atoms with Gasteiger partial charge in [0, 0.05) is 38.0 Å². The smallest absolute Gasteiger partial charge is 0.223 e. The van der Waals surface area contributed by atoms with Crippen molar-refractivity contribution in [2.75, 3.05) is 32.7 Å². The van der Waals surface area contributed by atoms with E-state index in [0.29, 0.717) is 11.9 Å². The van der Waals surface area contributed by atoms with Crippen LogP contribution >= 0.6 is 0 Å². The van der Waals surface area contributed by atoms with Gasteiger partial charge in [-0.1, -0.05) is 56.0 Å². The Kier molecular flexibility index (Phi) is 8.61. The van der Waals surface area contributed by atoms with E-state index >= 15 is 0 Å². The third-order valence-electron chi connectivity index (χ3n) is 8.03. The number of amides is 2. The summed E-state index contributed by atoms with van der Waals surface area (Å²) in [5.41, 5.74) is 1.27. The third-order valence-corrected chi connectivity index (χ3v) is 8.03. The first-order chi connectivity index (χ1) is 15.7. The quantitative estimate of drug-likeness (QED) is 0.666. The SMILES string of the molecule is O=C(NCCc1ccccc1)C1CCN(C2CCN(C(=O)CCC3CCCC3)CC2)CC1. The first-order valence-electron chi connectivity index (χ1n) is 13.0. The molecule has 3 fully saturated rings. The minimum absolute atomic E-state index is 0.152. The highest BCUT2D eigenvalue weighted by atomic mass is 16.2. The fraction of sp³-hybridized carbons (Fsp3) is 0.704. The number of carbonyl (C=O) groups is 2. The summed E-state index contributed by atoms with van der Waals surface area (Å²) < 4.78 is 0. The van der Waals surface area contributed by atoms with Crippen LogP contribution in [0.3, 0.4) is 0 Å². The molecule has 176 valence electrons. The maximum atomic E-state index is 12.6. The van der Waals surface area contributed by atoms with Crippen LogP contribution in [0.15, 0.2) is 30.3 Å². The Hall–Kier alpha value is -1.88. The van der Waals surface area contributed by atoms with Crippen LogP contribution in [-0.2, 0) is 16.0 Å². The van der Waals surface area contributed by atoms with Crippen molar-refractivity contribution in [3.05, 3.63) is 35.9 Å². The molecule has 4 rings (SSSR count). The van der Waals surface area contributed by atoms with Gasteiger partial charge in [-0.25, -0.2) is 0 Å². The maximum Gasteiger partial charge on any atom is 0.223 e. The zero-order valence-corrected chi connectivity index (χ0v) is 19.6. The van der Waals surface area contributed by atoms with Gasteiger partial charge in [0.25, 0.3) is 0 Å². The average molecular weight is 440 g/mol. The second kappa shape index (κ2) is 11.8. The zero-order valence-electron chi connectivity index (χ0n) is 19.6. The molecule has 2 heterocycles. The Morgan fingerprint density at radius 1 is 0.875 bits per heavy atom. The number of likely N-dealkylation sites (tertiary alicyclic amines) is 2. The average Bonchev–Trinajstić information content (AvgIpc) is 3.37. The molecule has 32 heavy (non-hydrogen) atoms. The summed E-state index contributed by atoms with van der Waals surface area (Å²) in [4.78, 5) is 29.9. The minimum Gasteiger partial charge on any atom is -0.356 e. The number of carbonyl (C=O) groups excluding carboxylic acids is 2. The van der Waals surface area contributed by atoms with E-state index in [-0.39, 0.29) is 11.8 Å². The molecule has 2 saturated heterocycles. The highest BCUT2D eigenvalue weighted by Gasteiger charge is 2.31. The molecule has 5 heteroatoms. The lowest BCUT2D eigenvalue weighted by atomic mass is 9.92. The number of rotatable bonds is 8. The Bertz CT molecular complexity index is 716. The molecule has 0 unspecified atom stereocenters. The summed E-state index contributed by atoms with van der Waals surface area (Å²) in [5.74, 6) is 1.55. The Labute approximate surface area is 193 Å². The van der Waals surface area contributed by atoms with E-state index in [2.05, 4.69) is 27.2 Å². The van der Waals surface area contributed by atoms with Crippen molar-refractivity contribution in [2.45, 2.75) is 76.7 Å². The van der Waals surface area contributed by atoms with Crippen LogP contribution < -0.4 is 5.32 Å². The van der Waals surface area contributed by atoms with Crippen LogP contribution in [-0.4, -0.2) is 60.4 Å². The third kappa shape index (κ3) is 6.57. The maximum absolute atomic E-state index is 12.6. The van der Waals surface area contributed by atoms with Gasteiger partial charge >= 0.3 is 0 Å². The molecule has 0 bridgehead atoms. The second-order valence-electron chi connectivity index (χ2n) is 10.1. The van der Waals surface area contributed by atoms with Crippen LogP contribution in [0.1, 0.15) is 69.8 Å². The molecule has 1 saturated carbocycles. The molecule has 1 N–H and O–H groups in total. The summed E-state index contributed by atoms with van der Waals surface area (Å²) in [6, 6.07) is 10.9. The molecule has 0 atom stereocenters. The van der Waals surface area contributed by atoms with Gasteiger partial charge in [-0.05, 0) is 63.1 Å². The van der Waals surface area contributed by atoms with Crippen LogP contribution in [0, 0.1) is 11.8 Å². The molecule has 5 nitrogen and oxygen atoms in total. The van der Waals surface area contributed by atoms with Crippen molar-refractivity contribution in [1.82, 2.24) is 15.1 Å². The fourth-order valence-electron chi connectivity index (χ4n) is 5.91. The van der Waals surface area contributed by atoms with Crippen LogP contribution in [0.5, 0.6) is 0 Å². The van der Waals surface area contributed by atoms with Gasteiger partial charge < -0.3 is 15.1 Å². The van der Waals surface area contributed by atoms with E-state index in [4.69, 9.17) is 0 Å². The van der Waals surface area contributed by atoms with Crippen LogP contribution in [0.2, 0.25) is 0 Å². The van der Waals surface area contributed by atoms with Gasteiger partial charge in [0.1, 0.15) is 0 Å². The van der Waals surface area contributed by atoms with Crippen molar-refractivity contribution in [1.29, 1.82) is 0 Å². The van der Waals surface area contributed by atoms with Gasteiger partial charge in [0.05, 0.1) is 0 Å². The first-order valence-corrected chi connectivity index (χ1v) is 13.0. The number of nitrogens with zero attached hydrogens (tertiary/aromatic N) is 2. The van der Waals surface area contributed by atoms with Crippen molar-refractivity contribution in [3.63, 3.8) is 0 Å². The highest BCUT2D eigenvalue weighted by molar-refractivity contribution is 5.78.